The van der Waals surface area contributed by atoms with Crippen LogP contribution in [0.1, 0.15) is 36.8 Å². The van der Waals surface area contributed by atoms with Crippen LogP contribution in [0.2, 0.25) is 0 Å². The second kappa shape index (κ2) is 18.7. The summed E-state index contributed by atoms with van der Waals surface area (Å²) >= 11 is 0. The molecule has 0 unspecified atom stereocenters. The van der Waals surface area contributed by atoms with Crippen molar-refractivity contribution in [1.29, 1.82) is 0 Å². The van der Waals surface area contributed by atoms with Crippen molar-refractivity contribution in [3.63, 3.8) is 0 Å². The summed E-state index contributed by atoms with van der Waals surface area (Å²) in [5, 5.41) is 25.8. The number of guanidine groups is 2. The molecule has 1 fully saturated rings. The van der Waals surface area contributed by atoms with Gasteiger partial charge in [0, 0.05) is 32.1 Å². The SMILES string of the molecule is NC(N)=NCCC[C@H]1CN[C@@H](Cc2ccc3ccccc3c2)C(=O)NC(=O)N[C@H](Cc2ccc(O)cc2)C(=O)N[C@@H](CCCN=C(N)N)C(=O)N1. The first-order chi connectivity index (χ1) is 24.5. The molecule has 16 nitrogen and oxygen atoms in total. The van der Waals surface area contributed by atoms with Crippen molar-refractivity contribution in [2.45, 2.75) is 62.7 Å². The summed E-state index contributed by atoms with van der Waals surface area (Å²) in [4.78, 5) is 62.6. The number of rotatable bonds is 12. The Morgan fingerprint density at radius 2 is 1.27 bits per heavy atom. The zero-order valence-corrected chi connectivity index (χ0v) is 28.3. The summed E-state index contributed by atoms with van der Waals surface area (Å²) in [6.45, 7) is 0.689. The zero-order valence-electron chi connectivity index (χ0n) is 28.3. The van der Waals surface area contributed by atoms with Crippen molar-refractivity contribution in [2.24, 2.45) is 32.9 Å². The Balaban J connectivity index is 1.65. The van der Waals surface area contributed by atoms with Crippen molar-refractivity contribution in [2.75, 3.05) is 19.6 Å². The van der Waals surface area contributed by atoms with E-state index in [9.17, 15) is 24.3 Å². The van der Waals surface area contributed by atoms with E-state index in [4.69, 9.17) is 22.9 Å². The fraction of sp³-hybridized carbons (Fsp3) is 0.371. The molecule has 4 rings (SSSR count). The van der Waals surface area contributed by atoms with Crippen molar-refractivity contribution in [3.05, 3.63) is 77.9 Å². The number of amides is 5. The molecule has 0 bridgehead atoms. The van der Waals surface area contributed by atoms with Crippen LogP contribution in [0.3, 0.4) is 0 Å². The molecule has 3 aromatic carbocycles. The van der Waals surface area contributed by atoms with Crippen LogP contribution in [-0.4, -0.2) is 84.6 Å². The number of nitrogens with one attached hydrogen (secondary N) is 5. The molecule has 16 heteroatoms. The van der Waals surface area contributed by atoms with E-state index in [2.05, 4.69) is 36.6 Å². The lowest BCUT2D eigenvalue weighted by molar-refractivity contribution is -0.130. The summed E-state index contributed by atoms with van der Waals surface area (Å²) in [7, 11) is 0. The Labute approximate surface area is 295 Å². The number of urea groups is 1. The summed E-state index contributed by atoms with van der Waals surface area (Å²) in [6, 6.07) is 15.3. The largest absolute Gasteiger partial charge is 0.508 e. The highest BCUT2D eigenvalue weighted by molar-refractivity contribution is 5.99. The maximum Gasteiger partial charge on any atom is 0.322 e. The van der Waals surface area contributed by atoms with E-state index in [-0.39, 0.29) is 50.0 Å². The van der Waals surface area contributed by atoms with E-state index in [0.717, 1.165) is 16.3 Å². The molecule has 0 saturated carbocycles. The molecule has 3 aromatic rings. The molecule has 0 spiro atoms. The lowest BCUT2D eigenvalue weighted by Gasteiger charge is -2.28. The van der Waals surface area contributed by atoms with Gasteiger partial charge < -0.3 is 49.3 Å². The molecule has 0 aromatic heterocycles. The van der Waals surface area contributed by atoms with Crippen LogP contribution in [0.25, 0.3) is 10.8 Å². The molecule has 1 aliphatic heterocycles. The number of aliphatic imine (C=N–C) groups is 2. The first-order valence-corrected chi connectivity index (χ1v) is 16.8. The highest BCUT2D eigenvalue weighted by Gasteiger charge is 2.31. The van der Waals surface area contributed by atoms with E-state index in [1.807, 2.05) is 42.5 Å². The van der Waals surface area contributed by atoms with Gasteiger partial charge in [-0.2, -0.15) is 0 Å². The van der Waals surface area contributed by atoms with Crippen molar-refractivity contribution < 1.29 is 24.3 Å². The lowest BCUT2D eigenvalue weighted by atomic mass is 10.0. The molecule has 4 atom stereocenters. The third kappa shape index (κ3) is 12.5. The molecule has 0 radical (unpaired) electrons. The van der Waals surface area contributed by atoms with Crippen molar-refractivity contribution >= 4 is 46.4 Å². The average molecular weight is 702 g/mol. The third-order valence-electron chi connectivity index (χ3n) is 8.35. The van der Waals surface area contributed by atoms with Crippen LogP contribution in [0.5, 0.6) is 5.75 Å². The Bertz CT molecular complexity index is 1720. The number of benzene rings is 3. The van der Waals surface area contributed by atoms with E-state index in [1.54, 1.807) is 12.1 Å². The number of aromatic hydroxyl groups is 1. The minimum Gasteiger partial charge on any atom is -0.508 e. The van der Waals surface area contributed by atoms with Gasteiger partial charge in [-0.05, 0) is 66.1 Å². The fourth-order valence-corrected chi connectivity index (χ4v) is 5.73. The highest BCUT2D eigenvalue weighted by Crippen LogP contribution is 2.17. The quantitative estimate of drug-likeness (QED) is 0.0661. The smallest absolute Gasteiger partial charge is 0.322 e. The Morgan fingerprint density at radius 3 is 1.96 bits per heavy atom. The number of carbonyl (C=O) groups excluding carboxylic acids is 4. The van der Waals surface area contributed by atoms with E-state index >= 15 is 0 Å². The van der Waals surface area contributed by atoms with E-state index in [0.29, 0.717) is 31.4 Å². The monoisotopic (exact) mass is 701 g/mol. The van der Waals surface area contributed by atoms with Gasteiger partial charge in [0.2, 0.25) is 17.7 Å². The van der Waals surface area contributed by atoms with Gasteiger partial charge >= 0.3 is 6.03 Å². The van der Waals surface area contributed by atoms with Gasteiger partial charge in [0.25, 0.3) is 0 Å². The minimum absolute atomic E-state index is 0.00223. The molecular weight excluding hydrogens is 654 g/mol. The number of phenolic OH excluding ortho intramolecular Hbond substituents is 1. The van der Waals surface area contributed by atoms with Crippen LogP contribution >= 0.6 is 0 Å². The predicted octanol–water partition coefficient (Wildman–Crippen LogP) is -0.426. The predicted molar refractivity (Wildman–Crippen MR) is 195 cm³/mol. The average Bonchev–Trinajstić information content (AvgIpc) is 3.09. The second-order valence-electron chi connectivity index (χ2n) is 12.4. The van der Waals surface area contributed by atoms with Gasteiger partial charge in [0.15, 0.2) is 11.9 Å². The highest BCUT2D eigenvalue weighted by atomic mass is 16.3. The number of hydrogen-bond donors (Lipinski definition) is 10. The van der Waals surface area contributed by atoms with Crippen LogP contribution in [-0.2, 0) is 27.2 Å². The molecule has 1 aliphatic rings. The fourth-order valence-electron chi connectivity index (χ4n) is 5.73. The number of carbonyl (C=O) groups is 4. The van der Waals surface area contributed by atoms with Gasteiger partial charge in [-0.1, -0.05) is 54.6 Å². The molecule has 0 aliphatic carbocycles. The first kappa shape index (κ1) is 37.9. The Hall–Kier alpha value is -5.90. The normalized spacial score (nSPS) is 20.2. The van der Waals surface area contributed by atoms with Crippen LogP contribution in [0.4, 0.5) is 4.79 Å². The summed E-state index contributed by atoms with van der Waals surface area (Å²) in [6.07, 6.45) is 1.71. The molecule has 5 amide bonds. The number of imide groups is 1. The van der Waals surface area contributed by atoms with Gasteiger partial charge in [-0.3, -0.25) is 29.7 Å². The Morgan fingerprint density at radius 1 is 0.667 bits per heavy atom. The van der Waals surface area contributed by atoms with Gasteiger partial charge in [-0.15, -0.1) is 0 Å². The maximum atomic E-state index is 13.8. The van der Waals surface area contributed by atoms with E-state index in [1.165, 1.54) is 12.1 Å². The maximum absolute atomic E-state index is 13.8. The molecule has 51 heavy (non-hydrogen) atoms. The summed E-state index contributed by atoms with van der Waals surface area (Å²) < 4.78 is 0. The standard InChI is InChI=1S/C35H47N11O5/c36-33(37)40-15-3-7-25-20-42-28(19-22-9-12-23-5-1-2-6-24(23)17-22)31(49)46-35(51)45-29(18-21-10-13-26(47)14-11-21)32(50)44-27(30(48)43-25)8-4-16-41-34(38)39/h1-2,5-6,9-14,17,25,27-29,42,47H,3-4,7-8,15-16,18-20H2,(H,43,48)(H,44,50)(H4,36,37,40)(H4,38,39,41)(H2,45,46,49,51)/t25-,27-,28-,29+/m0/s1. The van der Waals surface area contributed by atoms with Crippen molar-refractivity contribution in [3.8, 4) is 5.75 Å². The van der Waals surface area contributed by atoms with E-state index < -0.39 is 47.9 Å². The first-order valence-electron chi connectivity index (χ1n) is 16.8. The number of nitrogens with zero attached hydrogens (tertiary/aromatic N) is 2. The second-order valence-corrected chi connectivity index (χ2v) is 12.4. The van der Waals surface area contributed by atoms with Crippen molar-refractivity contribution in [1.82, 2.24) is 26.6 Å². The topological polar surface area (TPSA) is 277 Å². The Kier molecular flexibility index (Phi) is 13.9. The zero-order chi connectivity index (χ0) is 36.8. The number of hydrogen-bond acceptors (Lipinski definition) is 8. The number of fused-ring (bicyclic) bond motifs is 1. The number of phenols is 1. The molecule has 272 valence electrons. The van der Waals surface area contributed by atoms with Gasteiger partial charge in [-0.25, -0.2) is 4.79 Å². The third-order valence-corrected chi connectivity index (χ3v) is 8.35. The van der Waals surface area contributed by atoms with Crippen LogP contribution in [0, 0.1) is 0 Å². The summed E-state index contributed by atoms with van der Waals surface area (Å²) in [5.41, 5.74) is 23.4. The van der Waals surface area contributed by atoms with Crippen LogP contribution < -0.4 is 49.5 Å². The molecular formula is C35H47N11O5. The van der Waals surface area contributed by atoms with Gasteiger partial charge in [0.05, 0.1) is 6.04 Å². The molecule has 1 saturated heterocycles. The molecule has 14 N–H and O–H groups in total. The minimum atomic E-state index is -1.19. The van der Waals surface area contributed by atoms with Gasteiger partial charge in [0.1, 0.15) is 17.8 Å². The number of nitrogens with two attached hydrogens (primary N) is 4. The summed E-state index contributed by atoms with van der Waals surface area (Å²) in [5.74, 6) is -1.87. The molecule has 1 heterocycles. The van der Waals surface area contributed by atoms with Crippen LogP contribution in [0.15, 0.2) is 76.7 Å². The lowest BCUT2D eigenvalue weighted by Crippen LogP contribution is -2.60.